The van der Waals surface area contributed by atoms with Gasteiger partial charge in [0.1, 0.15) is 5.82 Å². The second-order valence-corrected chi connectivity index (χ2v) is 7.67. The van der Waals surface area contributed by atoms with E-state index < -0.39 is 0 Å². The van der Waals surface area contributed by atoms with Gasteiger partial charge in [0.25, 0.3) is 5.56 Å². The van der Waals surface area contributed by atoms with Gasteiger partial charge in [-0.15, -0.1) is 0 Å². The second-order valence-electron chi connectivity index (χ2n) is 6.56. The Morgan fingerprint density at radius 3 is 3.00 bits per heavy atom. The molecule has 1 saturated heterocycles. The lowest BCUT2D eigenvalue weighted by Gasteiger charge is -2.21. The highest BCUT2D eigenvalue weighted by molar-refractivity contribution is 7.98. The molecule has 1 aromatic carbocycles. The molecule has 25 heavy (non-hydrogen) atoms. The summed E-state index contributed by atoms with van der Waals surface area (Å²) in [6.07, 6.45) is 1.50. The number of amides is 1. The van der Waals surface area contributed by atoms with Crippen molar-refractivity contribution >= 4 is 28.6 Å². The summed E-state index contributed by atoms with van der Waals surface area (Å²) in [4.78, 5) is 33.6. The molecule has 1 amide bonds. The topological polar surface area (TPSA) is 92.1 Å². The summed E-state index contributed by atoms with van der Waals surface area (Å²) >= 11 is 1.61. The van der Waals surface area contributed by atoms with Crippen molar-refractivity contribution in [3.05, 3.63) is 40.4 Å². The third kappa shape index (κ3) is 4.22. The molecule has 2 unspecified atom stereocenters. The van der Waals surface area contributed by atoms with Gasteiger partial charge in [0.2, 0.25) is 5.91 Å². The number of carbonyl (C=O) groups excluding carboxylic acids is 1. The minimum atomic E-state index is -0.115. The van der Waals surface area contributed by atoms with Crippen LogP contribution in [0.25, 0.3) is 10.9 Å². The monoisotopic (exact) mass is 360 g/mol. The molecule has 134 valence electrons. The molecule has 1 fully saturated rings. The van der Waals surface area contributed by atoms with Crippen molar-refractivity contribution in [1.29, 1.82) is 0 Å². The number of fused-ring (bicyclic) bond motifs is 1. The Balaban J connectivity index is 1.50. The Bertz CT molecular complexity index is 807. The molecule has 0 spiro atoms. The number of carbonyl (C=O) groups is 1. The van der Waals surface area contributed by atoms with Gasteiger partial charge in [0, 0.05) is 24.8 Å². The Hall–Kier alpha value is -1.86. The molecule has 3 rings (SSSR count). The summed E-state index contributed by atoms with van der Waals surface area (Å²) in [5, 5.41) is 0.601. The van der Waals surface area contributed by atoms with Crippen LogP contribution in [0.15, 0.2) is 29.1 Å². The highest BCUT2D eigenvalue weighted by atomic mass is 32.2. The Morgan fingerprint density at radius 2 is 2.24 bits per heavy atom. The molecular weight excluding hydrogens is 336 g/mol. The van der Waals surface area contributed by atoms with Crippen molar-refractivity contribution < 1.29 is 4.79 Å². The van der Waals surface area contributed by atoms with Crippen molar-refractivity contribution in [3.8, 4) is 0 Å². The molecule has 2 aromatic rings. The largest absolute Gasteiger partial charge is 0.340 e. The second kappa shape index (κ2) is 8.01. The van der Waals surface area contributed by atoms with E-state index in [2.05, 4.69) is 16.9 Å². The summed E-state index contributed by atoms with van der Waals surface area (Å²) in [7, 11) is 0. The molecule has 6 nitrogen and oxygen atoms in total. The first-order chi connectivity index (χ1) is 12.1. The Kier molecular flexibility index (Phi) is 5.75. The zero-order valence-corrected chi connectivity index (χ0v) is 15.2. The van der Waals surface area contributed by atoms with E-state index in [0.717, 1.165) is 13.0 Å². The first-order valence-electron chi connectivity index (χ1n) is 8.63. The molecule has 1 aromatic heterocycles. The smallest absolute Gasteiger partial charge is 0.258 e. The molecule has 7 heteroatoms. The fourth-order valence-corrected chi connectivity index (χ4v) is 4.13. The van der Waals surface area contributed by atoms with E-state index in [0.29, 0.717) is 47.1 Å². The zero-order chi connectivity index (χ0) is 17.8. The van der Waals surface area contributed by atoms with Gasteiger partial charge < -0.3 is 15.6 Å². The number of hydrogen-bond donors (Lipinski definition) is 2. The molecule has 0 saturated carbocycles. The van der Waals surface area contributed by atoms with Gasteiger partial charge >= 0.3 is 0 Å². The van der Waals surface area contributed by atoms with Gasteiger partial charge in [0.05, 0.1) is 16.7 Å². The van der Waals surface area contributed by atoms with Crippen LogP contribution in [0.5, 0.6) is 0 Å². The molecular formula is C18H24N4O2S. The molecule has 0 aliphatic carbocycles. The van der Waals surface area contributed by atoms with Crippen LogP contribution in [-0.4, -0.2) is 45.7 Å². The van der Waals surface area contributed by atoms with Gasteiger partial charge in [-0.05, 0) is 37.9 Å². The van der Waals surface area contributed by atoms with Crippen molar-refractivity contribution in [2.75, 3.05) is 18.8 Å². The number of aromatic nitrogens is 2. The van der Waals surface area contributed by atoms with Crippen LogP contribution in [0.4, 0.5) is 0 Å². The number of benzene rings is 1. The first kappa shape index (κ1) is 17.9. The van der Waals surface area contributed by atoms with E-state index in [-0.39, 0.29) is 17.5 Å². The van der Waals surface area contributed by atoms with Crippen molar-refractivity contribution in [2.24, 2.45) is 11.7 Å². The predicted octanol–water partition coefficient (Wildman–Crippen LogP) is 1.74. The van der Waals surface area contributed by atoms with Crippen LogP contribution in [0.3, 0.4) is 0 Å². The number of nitrogens with one attached hydrogen (secondary N) is 1. The van der Waals surface area contributed by atoms with Crippen LogP contribution in [0.2, 0.25) is 0 Å². The van der Waals surface area contributed by atoms with Gasteiger partial charge in [-0.3, -0.25) is 9.59 Å². The summed E-state index contributed by atoms with van der Waals surface area (Å²) in [6, 6.07) is 7.59. The van der Waals surface area contributed by atoms with E-state index in [1.807, 2.05) is 23.1 Å². The lowest BCUT2D eigenvalue weighted by atomic mass is 10.1. The fourth-order valence-electron chi connectivity index (χ4n) is 3.34. The van der Waals surface area contributed by atoms with E-state index in [4.69, 9.17) is 5.73 Å². The summed E-state index contributed by atoms with van der Waals surface area (Å²) in [6.45, 7) is 3.51. The van der Waals surface area contributed by atoms with Crippen molar-refractivity contribution in [3.63, 3.8) is 0 Å². The molecule has 2 atom stereocenters. The summed E-state index contributed by atoms with van der Waals surface area (Å²) in [5.74, 6) is 2.58. The SMILES string of the molecule is CC1CC(CN)CN1C(=O)CCSCc1nc2ccccc2c(=O)[nH]1. The van der Waals surface area contributed by atoms with Crippen molar-refractivity contribution in [2.45, 2.75) is 31.6 Å². The van der Waals surface area contributed by atoms with Crippen LogP contribution < -0.4 is 11.3 Å². The van der Waals surface area contributed by atoms with Crippen LogP contribution >= 0.6 is 11.8 Å². The molecule has 0 bridgehead atoms. The number of para-hydroxylation sites is 1. The molecule has 1 aliphatic rings. The maximum atomic E-state index is 12.4. The minimum Gasteiger partial charge on any atom is -0.340 e. The molecule has 1 aliphatic heterocycles. The Morgan fingerprint density at radius 1 is 1.44 bits per heavy atom. The fraction of sp³-hybridized carbons (Fsp3) is 0.500. The average Bonchev–Trinajstić information content (AvgIpc) is 3.00. The highest BCUT2D eigenvalue weighted by Gasteiger charge is 2.30. The number of rotatable bonds is 6. The van der Waals surface area contributed by atoms with Gasteiger partial charge in [-0.1, -0.05) is 12.1 Å². The number of nitrogens with zero attached hydrogens (tertiary/aromatic N) is 2. The van der Waals surface area contributed by atoms with E-state index in [1.54, 1.807) is 17.8 Å². The Labute approximate surface area is 151 Å². The number of thioether (sulfide) groups is 1. The predicted molar refractivity (Wildman–Crippen MR) is 101 cm³/mol. The first-order valence-corrected chi connectivity index (χ1v) is 9.79. The third-order valence-corrected chi connectivity index (χ3v) is 5.65. The average molecular weight is 360 g/mol. The third-order valence-electron chi connectivity index (χ3n) is 4.68. The van der Waals surface area contributed by atoms with Crippen LogP contribution in [0, 0.1) is 5.92 Å². The summed E-state index contributed by atoms with van der Waals surface area (Å²) < 4.78 is 0. The lowest BCUT2D eigenvalue weighted by molar-refractivity contribution is -0.131. The number of aromatic amines is 1. The van der Waals surface area contributed by atoms with Crippen LogP contribution in [-0.2, 0) is 10.5 Å². The number of nitrogens with two attached hydrogens (primary N) is 1. The minimum absolute atomic E-state index is 0.115. The highest BCUT2D eigenvalue weighted by Crippen LogP contribution is 2.23. The number of H-pyrrole nitrogens is 1. The maximum Gasteiger partial charge on any atom is 0.258 e. The van der Waals surface area contributed by atoms with Crippen molar-refractivity contribution in [1.82, 2.24) is 14.9 Å². The number of likely N-dealkylation sites (tertiary alicyclic amines) is 1. The molecule has 0 radical (unpaired) electrons. The lowest BCUT2D eigenvalue weighted by Crippen LogP contribution is -2.34. The summed E-state index contributed by atoms with van der Waals surface area (Å²) in [5.41, 5.74) is 6.31. The molecule has 3 N–H and O–H groups in total. The maximum absolute atomic E-state index is 12.4. The van der Waals surface area contributed by atoms with Gasteiger partial charge in [-0.2, -0.15) is 11.8 Å². The number of hydrogen-bond acceptors (Lipinski definition) is 5. The standard InChI is InChI=1S/C18H24N4O2S/c1-12-8-13(9-19)10-22(12)17(23)6-7-25-11-16-20-15-5-3-2-4-14(15)18(24)21-16/h2-5,12-13H,6-11,19H2,1H3,(H,20,21,24). The normalized spacial score (nSPS) is 20.3. The zero-order valence-electron chi connectivity index (χ0n) is 14.4. The quantitative estimate of drug-likeness (QED) is 0.766. The van der Waals surface area contributed by atoms with E-state index in [1.165, 1.54) is 0 Å². The van der Waals surface area contributed by atoms with E-state index >= 15 is 0 Å². The van der Waals surface area contributed by atoms with E-state index in [9.17, 15) is 9.59 Å². The van der Waals surface area contributed by atoms with Gasteiger partial charge in [0.15, 0.2) is 0 Å². The van der Waals surface area contributed by atoms with Crippen LogP contribution in [0.1, 0.15) is 25.6 Å². The van der Waals surface area contributed by atoms with Gasteiger partial charge in [-0.25, -0.2) is 4.98 Å². The molecule has 2 heterocycles.